The van der Waals surface area contributed by atoms with Crippen molar-refractivity contribution in [3.05, 3.63) is 42.2 Å². The molecule has 0 spiro atoms. The van der Waals surface area contributed by atoms with Crippen LogP contribution in [0.15, 0.2) is 36.7 Å². The topological polar surface area (TPSA) is 27.1 Å². The second-order valence-corrected chi connectivity index (χ2v) is 4.76. The van der Waals surface area contributed by atoms with E-state index in [1.807, 2.05) is 19.3 Å². The lowest BCUT2D eigenvalue weighted by Crippen LogP contribution is -2.02. The van der Waals surface area contributed by atoms with Gasteiger partial charge in [0.2, 0.25) is 0 Å². The molecule has 96 valence electrons. The third-order valence-corrected chi connectivity index (χ3v) is 3.19. The Morgan fingerprint density at radius 1 is 1.22 bits per heavy atom. The molecule has 1 heterocycles. The second-order valence-electron chi connectivity index (χ2n) is 4.76. The number of hydrogen-bond acceptors (Lipinski definition) is 2. The van der Waals surface area contributed by atoms with E-state index < -0.39 is 0 Å². The summed E-state index contributed by atoms with van der Waals surface area (Å²) < 4.78 is 7.54. The first-order valence-electron chi connectivity index (χ1n) is 6.29. The number of rotatable bonds is 4. The van der Waals surface area contributed by atoms with Gasteiger partial charge in [-0.3, -0.25) is 0 Å². The van der Waals surface area contributed by atoms with Crippen LogP contribution >= 0.6 is 0 Å². The average molecular weight is 244 g/mol. The van der Waals surface area contributed by atoms with Crippen molar-refractivity contribution in [2.45, 2.75) is 32.9 Å². The van der Waals surface area contributed by atoms with E-state index >= 15 is 0 Å². The van der Waals surface area contributed by atoms with Gasteiger partial charge in [-0.05, 0) is 32.4 Å². The largest absolute Gasteiger partial charge is 0.377 e. The number of imidazole rings is 1. The summed E-state index contributed by atoms with van der Waals surface area (Å²) >= 11 is 0. The second kappa shape index (κ2) is 5.36. The molecule has 2 rings (SSSR count). The summed E-state index contributed by atoms with van der Waals surface area (Å²) in [5.74, 6) is 1.01. The van der Waals surface area contributed by atoms with E-state index in [1.54, 1.807) is 7.11 Å². The molecule has 0 saturated carbocycles. The molecule has 3 nitrogen and oxygen atoms in total. The number of hydrogen-bond donors (Lipinski definition) is 0. The molecule has 0 bridgehead atoms. The molecule has 1 atom stereocenters. The van der Waals surface area contributed by atoms with Crippen molar-refractivity contribution >= 4 is 0 Å². The average Bonchev–Trinajstić information content (AvgIpc) is 2.87. The Balaban J connectivity index is 2.42. The Labute approximate surface area is 108 Å². The van der Waals surface area contributed by atoms with Gasteiger partial charge in [0.15, 0.2) is 0 Å². The summed E-state index contributed by atoms with van der Waals surface area (Å²) in [7, 11) is 1.73. The number of ether oxygens (including phenoxy) is 1. The fourth-order valence-corrected chi connectivity index (χ4v) is 2.02. The highest BCUT2D eigenvalue weighted by Crippen LogP contribution is 2.25. The van der Waals surface area contributed by atoms with E-state index in [-0.39, 0.29) is 6.10 Å². The smallest absolute Gasteiger partial charge is 0.140 e. The zero-order chi connectivity index (χ0) is 13.1. The molecular formula is C15H20N2O. The summed E-state index contributed by atoms with van der Waals surface area (Å²) in [4.78, 5) is 4.46. The van der Waals surface area contributed by atoms with Gasteiger partial charge in [-0.25, -0.2) is 4.98 Å². The molecule has 0 aliphatic rings. The normalized spacial score (nSPS) is 12.9. The van der Waals surface area contributed by atoms with Gasteiger partial charge >= 0.3 is 0 Å². The summed E-state index contributed by atoms with van der Waals surface area (Å²) in [5, 5.41) is 0. The van der Waals surface area contributed by atoms with Gasteiger partial charge in [-0.2, -0.15) is 0 Å². The first kappa shape index (κ1) is 12.8. The van der Waals surface area contributed by atoms with E-state index in [0.29, 0.717) is 6.04 Å². The number of methoxy groups -OCH3 is 1. The number of aromatic nitrogens is 2. The minimum absolute atomic E-state index is 0.104. The van der Waals surface area contributed by atoms with Crippen molar-refractivity contribution in [2.75, 3.05) is 7.11 Å². The molecule has 1 aromatic heterocycles. The van der Waals surface area contributed by atoms with E-state index in [0.717, 1.165) is 11.4 Å². The fraction of sp³-hybridized carbons (Fsp3) is 0.400. The quantitative estimate of drug-likeness (QED) is 0.817. The van der Waals surface area contributed by atoms with Gasteiger partial charge in [0, 0.05) is 31.1 Å². The zero-order valence-electron chi connectivity index (χ0n) is 11.4. The van der Waals surface area contributed by atoms with Crippen molar-refractivity contribution in [3.63, 3.8) is 0 Å². The van der Waals surface area contributed by atoms with E-state index in [2.05, 4.69) is 47.7 Å². The lowest BCUT2D eigenvalue weighted by Gasteiger charge is -2.14. The number of nitrogens with zero attached hydrogens (tertiary/aromatic N) is 2. The van der Waals surface area contributed by atoms with Crippen LogP contribution in [0.25, 0.3) is 11.4 Å². The highest BCUT2D eigenvalue weighted by Gasteiger charge is 2.10. The molecule has 0 aliphatic heterocycles. The van der Waals surface area contributed by atoms with Gasteiger partial charge in [-0.15, -0.1) is 0 Å². The molecule has 18 heavy (non-hydrogen) atoms. The van der Waals surface area contributed by atoms with Crippen LogP contribution in [0.2, 0.25) is 0 Å². The van der Waals surface area contributed by atoms with Crippen molar-refractivity contribution in [1.82, 2.24) is 9.55 Å². The van der Waals surface area contributed by atoms with E-state index in [4.69, 9.17) is 4.74 Å². The van der Waals surface area contributed by atoms with Crippen molar-refractivity contribution < 1.29 is 4.74 Å². The Morgan fingerprint density at radius 3 is 2.67 bits per heavy atom. The zero-order valence-corrected chi connectivity index (χ0v) is 11.4. The SMILES string of the molecule is CO[C@@H](C)c1cccc(-c2nccn2C(C)C)c1. The highest BCUT2D eigenvalue weighted by atomic mass is 16.5. The lowest BCUT2D eigenvalue weighted by atomic mass is 10.1. The van der Waals surface area contributed by atoms with E-state index in [9.17, 15) is 0 Å². The van der Waals surface area contributed by atoms with Gasteiger partial charge in [0.25, 0.3) is 0 Å². The first-order chi connectivity index (χ1) is 8.63. The molecular weight excluding hydrogens is 224 g/mol. The maximum absolute atomic E-state index is 5.36. The van der Waals surface area contributed by atoms with Crippen LogP contribution in [0.4, 0.5) is 0 Å². The molecule has 0 fully saturated rings. The van der Waals surface area contributed by atoms with Crippen LogP contribution in [0.3, 0.4) is 0 Å². The minimum Gasteiger partial charge on any atom is -0.377 e. The van der Waals surface area contributed by atoms with Crippen LogP contribution in [-0.4, -0.2) is 16.7 Å². The lowest BCUT2D eigenvalue weighted by molar-refractivity contribution is 0.119. The van der Waals surface area contributed by atoms with Crippen molar-refractivity contribution in [2.24, 2.45) is 0 Å². The molecule has 0 N–H and O–H groups in total. The molecule has 0 saturated heterocycles. The molecule has 3 heteroatoms. The Morgan fingerprint density at radius 2 is 2.00 bits per heavy atom. The molecule has 0 aliphatic carbocycles. The molecule has 1 aromatic carbocycles. The molecule has 2 aromatic rings. The highest BCUT2D eigenvalue weighted by molar-refractivity contribution is 5.57. The Kier molecular flexibility index (Phi) is 3.82. The molecule has 0 amide bonds. The predicted octanol–water partition coefficient (Wildman–Crippen LogP) is 3.84. The third kappa shape index (κ3) is 2.46. The maximum Gasteiger partial charge on any atom is 0.140 e. The fourth-order valence-electron chi connectivity index (χ4n) is 2.02. The molecule has 0 radical (unpaired) electrons. The first-order valence-corrected chi connectivity index (χ1v) is 6.29. The van der Waals surface area contributed by atoms with Crippen LogP contribution < -0.4 is 0 Å². The summed E-state index contributed by atoms with van der Waals surface area (Å²) in [6.07, 6.45) is 3.97. The summed E-state index contributed by atoms with van der Waals surface area (Å²) in [5.41, 5.74) is 2.31. The monoisotopic (exact) mass is 244 g/mol. The molecule has 0 unspecified atom stereocenters. The van der Waals surface area contributed by atoms with Gasteiger partial charge < -0.3 is 9.30 Å². The third-order valence-electron chi connectivity index (χ3n) is 3.19. The maximum atomic E-state index is 5.36. The van der Waals surface area contributed by atoms with Crippen LogP contribution in [0.5, 0.6) is 0 Å². The Bertz CT molecular complexity index is 517. The predicted molar refractivity (Wildman–Crippen MR) is 73.5 cm³/mol. The summed E-state index contributed by atoms with van der Waals surface area (Å²) in [6.45, 7) is 6.37. The number of benzene rings is 1. The minimum atomic E-state index is 0.104. The van der Waals surface area contributed by atoms with Crippen molar-refractivity contribution in [3.8, 4) is 11.4 Å². The van der Waals surface area contributed by atoms with Crippen LogP contribution in [0, 0.1) is 0 Å². The van der Waals surface area contributed by atoms with Crippen molar-refractivity contribution in [1.29, 1.82) is 0 Å². The van der Waals surface area contributed by atoms with Gasteiger partial charge in [-0.1, -0.05) is 18.2 Å². The van der Waals surface area contributed by atoms with Gasteiger partial charge in [0.05, 0.1) is 6.10 Å². The van der Waals surface area contributed by atoms with E-state index in [1.165, 1.54) is 5.56 Å². The summed E-state index contributed by atoms with van der Waals surface area (Å²) in [6, 6.07) is 8.79. The Hall–Kier alpha value is -1.61. The van der Waals surface area contributed by atoms with Crippen LogP contribution in [0.1, 0.15) is 38.5 Å². The van der Waals surface area contributed by atoms with Crippen LogP contribution in [-0.2, 0) is 4.74 Å². The standard InChI is InChI=1S/C15H20N2O/c1-11(2)17-9-8-16-15(17)14-7-5-6-13(10-14)12(3)18-4/h5-12H,1-4H3/t12-/m0/s1. The van der Waals surface area contributed by atoms with Gasteiger partial charge in [0.1, 0.15) is 5.82 Å².